The summed E-state index contributed by atoms with van der Waals surface area (Å²) < 4.78 is 12.8. The molecular weight excluding hydrogens is 472 g/mol. The number of nitrogens with zero attached hydrogens (tertiary/aromatic N) is 1. The molecule has 0 heterocycles. The highest BCUT2D eigenvalue weighted by atomic mass is 79.9. The first kappa shape index (κ1) is 21.7. The quantitative estimate of drug-likeness (QED) is 0.363. The largest absolute Gasteiger partial charge is 0.493 e. The number of methoxy groups -OCH3 is 1. The van der Waals surface area contributed by atoms with Crippen LogP contribution in [-0.4, -0.2) is 18.1 Å². The number of nitrogens with one attached hydrogen (secondary N) is 1. The Labute approximate surface area is 197 Å². The number of non-ortho nitro benzene ring substituents is 1. The number of halogens is 1. The molecule has 0 aromatic heterocycles. The molecule has 0 unspecified atom stereocenters. The average molecular weight is 501 g/mol. The molecule has 4 fully saturated rings. The summed E-state index contributed by atoms with van der Waals surface area (Å²) in [6, 6.07) is 11.0. The molecule has 0 radical (unpaired) electrons. The Bertz CT molecular complexity index is 966. The summed E-state index contributed by atoms with van der Waals surface area (Å²) in [5.74, 6) is 4.94. The zero-order valence-corrected chi connectivity index (χ0v) is 19.8. The molecule has 0 atom stereocenters. The van der Waals surface area contributed by atoms with Crippen molar-refractivity contribution in [2.45, 2.75) is 51.3 Å². The van der Waals surface area contributed by atoms with E-state index in [1.54, 1.807) is 19.2 Å². The summed E-state index contributed by atoms with van der Waals surface area (Å²) in [5.41, 5.74) is 2.01. The van der Waals surface area contributed by atoms with Crippen LogP contribution in [0.4, 0.5) is 5.69 Å². The summed E-state index contributed by atoms with van der Waals surface area (Å²) in [6.45, 7) is 1.04. The third kappa shape index (κ3) is 4.25. The van der Waals surface area contributed by atoms with Gasteiger partial charge in [0.05, 0.1) is 12.0 Å². The minimum absolute atomic E-state index is 0.0781. The lowest BCUT2D eigenvalue weighted by molar-refractivity contribution is -0.384. The Morgan fingerprint density at radius 2 is 1.69 bits per heavy atom. The lowest BCUT2D eigenvalue weighted by Crippen LogP contribution is -2.54. The van der Waals surface area contributed by atoms with Gasteiger partial charge in [0.15, 0.2) is 11.5 Å². The van der Waals surface area contributed by atoms with Crippen molar-refractivity contribution in [3.05, 3.63) is 62.1 Å². The SMILES string of the molecule is COc1ccc(Br)c(CNC2C3CC4CC(C3)CC2C4)c1OCc1ccc([N+](=O)[O-])cc1. The summed E-state index contributed by atoms with van der Waals surface area (Å²) in [4.78, 5) is 10.5. The highest BCUT2D eigenvalue weighted by Crippen LogP contribution is 2.53. The molecule has 2 aromatic carbocycles. The number of rotatable bonds is 8. The number of nitro benzene ring substituents is 1. The summed E-state index contributed by atoms with van der Waals surface area (Å²) >= 11 is 3.71. The molecule has 7 heteroatoms. The van der Waals surface area contributed by atoms with E-state index in [0.717, 1.165) is 51.6 Å². The Morgan fingerprint density at radius 1 is 1.03 bits per heavy atom. The third-order valence-electron chi connectivity index (χ3n) is 7.66. The fourth-order valence-electron chi connectivity index (χ4n) is 6.41. The van der Waals surface area contributed by atoms with Crippen LogP contribution in [0.3, 0.4) is 0 Å². The van der Waals surface area contributed by atoms with Crippen molar-refractivity contribution in [2.75, 3.05) is 7.11 Å². The molecule has 170 valence electrons. The van der Waals surface area contributed by atoms with Crippen LogP contribution in [0.5, 0.6) is 11.5 Å². The lowest BCUT2D eigenvalue weighted by atomic mass is 9.54. The fraction of sp³-hybridized carbons (Fsp3) is 0.520. The molecule has 0 saturated heterocycles. The second-order valence-corrected chi connectivity index (χ2v) is 10.5. The van der Waals surface area contributed by atoms with Gasteiger partial charge >= 0.3 is 0 Å². The van der Waals surface area contributed by atoms with E-state index in [1.807, 2.05) is 12.1 Å². The normalized spacial score (nSPS) is 28.0. The van der Waals surface area contributed by atoms with E-state index in [4.69, 9.17) is 9.47 Å². The Hall–Kier alpha value is -2.12. The highest BCUT2D eigenvalue weighted by Gasteiger charge is 2.47. The van der Waals surface area contributed by atoms with Crippen molar-refractivity contribution < 1.29 is 14.4 Å². The Morgan fingerprint density at radius 3 is 2.28 bits per heavy atom. The van der Waals surface area contributed by atoms with Crippen LogP contribution in [0.2, 0.25) is 0 Å². The molecule has 1 N–H and O–H groups in total. The fourth-order valence-corrected chi connectivity index (χ4v) is 6.87. The molecule has 32 heavy (non-hydrogen) atoms. The molecule has 0 aliphatic heterocycles. The molecule has 6 rings (SSSR count). The van der Waals surface area contributed by atoms with E-state index >= 15 is 0 Å². The smallest absolute Gasteiger partial charge is 0.269 e. The van der Waals surface area contributed by atoms with E-state index in [0.29, 0.717) is 18.4 Å². The zero-order chi connectivity index (χ0) is 22.2. The van der Waals surface area contributed by atoms with Crippen LogP contribution in [0.15, 0.2) is 40.9 Å². The monoisotopic (exact) mass is 500 g/mol. The number of hydrogen-bond acceptors (Lipinski definition) is 5. The predicted octanol–water partition coefficient (Wildman–Crippen LogP) is 5.86. The van der Waals surface area contributed by atoms with Crippen LogP contribution < -0.4 is 14.8 Å². The molecule has 4 saturated carbocycles. The first-order valence-electron chi connectivity index (χ1n) is 11.5. The first-order valence-corrected chi connectivity index (χ1v) is 12.3. The van der Waals surface area contributed by atoms with Gasteiger partial charge in [-0.3, -0.25) is 10.1 Å². The van der Waals surface area contributed by atoms with Crippen LogP contribution in [0, 0.1) is 33.8 Å². The van der Waals surface area contributed by atoms with Gasteiger partial charge in [-0.15, -0.1) is 0 Å². The minimum atomic E-state index is -0.393. The van der Waals surface area contributed by atoms with Gasteiger partial charge in [0.2, 0.25) is 0 Å². The summed E-state index contributed by atoms with van der Waals surface area (Å²) in [7, 11) is 1.65. The van der Waals surface area contributed by atoms with Crippen LogP contribution in [0.1, 0.15) is 43.2 Å². The molecular formula is C25H29BrN2O4. The highest BCUT2D eigenvalue weighted by molar-refractivity contribution is 9.10. The van der Waals surface area contributed by atoms with Crippen molar-refractivity contribution in [1.82, 2.24) is 5.32 Å². The maximum absolute atomic E-state index is 10.9. The van der Waals surface area contributed by atoms with Crippen LogP contribution in [-0.2, 0) is 13.2 Å². The number of nitro groups is 1. The second kappa shape index (κ2) is 9.02. The van der Waals surface area contributed by atoms with Gasteiger partial charge in [0.1, 0.15) is 6.61 Å². The van der Waals surface area contributed by atoms with Gasteiger partial charge in [-0.2, -0.15) is 0 Å². The van der Waals surface area contributed by atoms with E-state index in [2.05, 4.69) is 21.2 Å². The molecule has 0 amide bonds. The van der Waals surface area contributed by atoms with E-state index < -0.39 is 4.92 Å². The molecule has 4 aliphatic carbocycles. The Balaban J connectivity index is 1.31. The topological polar surface area (TPSA) is 73.6 Å². The Kier molecular flexibility index (Phi) is 6.12. The number of benzene rings is 2. The lowest BCUT2D eigenvalue weighted by Gasteiger charge is -2.54. The standard InChI is InChI=1S/C25H29BrN2O4/c1-31-23-7-6-22(26)21(25(23)32-14-15-2-4-20(5-3-15)28(29)30)13-27-24-18-9-16-8-17(11-18)12-19(24)10-16/h2-7,16-19,24,27H,8-14H2,1H3. The number of ether oxygens (including phenoxy) is 2. The van der Waals surface area contributed by atoms with Gasteiger partial charge < -0.3 is 14.8 Å². The van der Waals surface area contributed by atoms with Crippen molar-refractivity contribution in [1.29, 1.82) is 0 Å². The van der Waals surface area contributed by atoms with Gasteiger partial charge in [0, 0.05) is 34.8 Å². The maximum atomic E-state index is 10.9. The van der Waals surface area contributed by atoms with E-state index in [1.165, 1.54) is 44.2 Å². The predicted molar refractivity (Wildman–Crippen MR) is 126 cm³/mol. The second-order valence-electron chi connectivity index (χ2n) is 9.61. The van der Waals surface area contributed by atoms with Crippen molar-refractivity contribution in [2.24, 2.45) is 23.7 Å². The first-order chi connectivity index (χ1) is 15.5. The van der Waals surface area contributed by atoms with Crippen molar-refractivity contribution >= 4 is 21.6 Å². The van der Waals surface area contributed by atoms with Crippen LogP contribution in [0.25, 0.3) is 0 Å². The molecule has 0 spiro atoms. The van der Waals surface area contributed by atoms with E-state index in [9.17, 15) is 10.1 Å². The number of hydrogen-bond donors (Lipinski definition) is 1. The molecule has 2 aromatic rings. The summed E-state index contributed by atoms with van der Waals surface area (Å²) in [5, 5.41) is 14.8. The minimum Gasteiger partial charge on any atom is -0.493 e. The van der Waals surface area contributed by atoms with E-state index in [-0.39, 0.29) is 5.69 Å². The van der Waals surface area contributed by atoms with Crippen molar-refractivity contribution in [3.63, 3.8) is 0 Å². The van der Waals surface area contributed by atoms with Crippen molar-refractivity contribution in [3.8, 4) is 11.5 Å². The molecule has 6 nitrogen and oxygen atoms in total. The average Bonchev–Trinajstić information content (AvgIpc) is 2.78. The third-order valence-corrected chi connectivity index (χ3v) is 8.40. The zero-order valence-electron chi connectivity index (χ0n) is 18.3. The molecule has 4 bridgehead atoms. The van der Waals surface area contributed by atoms with Gasteiger partial charge in [0.25, 0.3) is 5.69 Å². The van der Waals surface area contributed by atoms with Gasteiger partial charge in [-0.25, -0.2) is 0 Å². The van der Waals surface area contributed by atoms with Gasteiger partial charge in [-0.1, -0.05) is 15.9 Å². The maximum Gasteiger partial charge on any atom is 0.269 e. The van der Waals surface area contributed by atoms with Gasteiger partial charge in [-0.05, 0) is 85.6 Å². The van der Waals surface area contributed by atoms with Crippen LogP contribution >= 0.6 is 15.9 Å². The molecule has 4 aliphatic rings. The summed E-state index contributed by atoms with van der Waals surface area (Å²) in [6.07, 6.45) is 6.99.